The summed E-state index contributed by atoms with van der Waals surface area (Å²) in [6.07, 6.45) is 27.3. The van der Waals surface area contributed by atoms with E-state index in [1.165, 1.54) is 103 Å². The molecular formula is C31H64O4. The number of aliphatic hydroxyl groups excluding tert-OH is 4. The third-order valence-corrected chi connectivity index (χ3v) is 8.21. The van der Waals surface area contributed by atoms with Gasteiger partial charge in [-0.25, -0.2) is 0 Å². The minimum absolute atomic E-state index is 0.0826. The van der Waals surface area contributed by atoms with Gasteiger partial charge in [0.05, 0.1) is 26.4 Å². The molecule has 35 heavy (non-hydrogen) atoms. The van der Waals surface area contributed by atoms with E-state index in [4.69, 9.17) is 0 Å². The standard InChI is InChI=1S/C31H64O4/c1-3-5-7-9-11-13-15-17-19-21-23-30(26-32,27-33)25-31(28-34,29-35)24-22-20-18-16-14-12-10-8-6-4-2/h32-35H,3-29H2,1-2H3. The molecular weight excluding hydrogens is 436 g/mol. The largest absolute Gasteiger partial charge is 0.396 e. The first-order chi connectivity index (χ1) is 17.1. The Hall–Kier alpha value is -0.160. The van der Waals surface area contributed by atoms with Crippen LogP contribution >= 0.6 is 0 Å². The van der Waals surface area contributed by atoms with E-state index >= 15 is 0 Å². The molecule has 212 valence electrons. The molecule has 0 spiro atoms. The van der Waals surface area contributed by atoms with Crippen molar-refractivity contribution < 1.29 is 20.4 Å². The van der Waals surface area contributed by atoms with Crippen LogP contribution in [0.2, 0.25) is 0 Å². The Morgan fingerprint density at radius 1 is 0.343 bits per heavy atom. The Kier molecular flexibility index (Phi) is 24.1. The highest BCUT2D eigenvalue weighted by atomic mass is 16.3. The highest BCUT2D eigenvalue weighted by Crippen LogP contribution is 2.41. The summed E-state index contributed by atoms with van der Waals surface area (Å²) in [4.78, 5) is 0. The first-order valence-electron chi connectivity index (χ1n) is 15.5. The summed E-state index contributed by atoms with van der Waals surface area (Å²) in [6, 6.07) is 0. The molecule has 0 heterocycles. The van der Waals surface area contributed by atoms with Gasteiger partial charge in [0.2, 0.25) is 0 Å². The zero-order chi connectivity index (χ0) is 26.1. The topological polar surface area (TPSA) is 80.9 Å². The van der Waals surface area contributed by atoms with E-state index in [-0.39, 0.29) is 26.4 Å². The molecule has 0 aliphatic rings. The second-order valence-electron chi connectivity index (χ2n) is 11.7. The van der Waals surface area contributed by atoms with Crippen molar-refractivity contribution in [3.63, 3.8) is 0 Å². The third-order valence-electron chi connectivity index (χ3n) is 8.21. The number of rotatable bonds is 28. The van der Waals surface area contributed by atoms with Gasteiger partial charge in [0, 0.05) is 10.8 Å². The summed E-state index contributed by atoms with van der Waals surface area (Å²) in [6.45, 7) is 4.17. The molecule has 0 bridgehead atoms. The highest BCUT2D eigenvalue weighted by Gasteiger charge is 2.39. The Labute approximate surface area is 219 Å². The fraction of sp³-hybridized carbons (Fsp3) is 1.00. The van der Waals surface area contributed by atoms with Crippen molar-refractivity contribution in [3.8, 4) is 0 Å². The van der Waals surface area contributed by atoms with Crippen LogP contribution in [0.4, 0.5) is 0 Å². The first-order valence-corrected chi connectivity index (χ1v) is 15.5. The minimum Gasteiger partial charge on any atom is -0.396 e. The van der Waals surface area contributed by atoms with Gasteiger partial charge in [-0.3, -0.25) is 0 Å². The van der Waals surface area contributed by atoms with Crippen molar-refractivity contribution in [2.24, 2.45) is 10.8 Å². The summed E-state index contributed by atoms with van der Waals surface area (Å²) >= 11 is 0. The predicted octanol–water partition coefficient (Wildman–Crippen LogP) is 7.94. The molecule has 0 saturated heterocycles. The van der Waals surface area contributed by atoms with E-state index in [1.54, 1.807) is 0 Å². The van der Waals surface area contributed by atoms with Crippen LogP contribution < -0.4 is 0 Å². The Morgan fingerprint density at radius 2 is 0.571 bits per heavy atom. The van der Waals surface area contributed by atoms with Gasteiger partial charge in [-0.15, -0.1) is 0 Å². The van der Waals surface area contributed by atoms with Crippen molar-refractivity contribution >= 4 is 0 Å². The van der Waals surface area contributed by atoms with Gasteiger partial charge < -0.3 is 20.4 Å². The molecule has 0 aliphatic heterocycles. The molecule has 4 heteroatoms. The summed E-state index contributed by atoms with van der Waals surface area (Å²) in [5.41, 5.74) is -1.21. The molecule has 0 aliphatic carbocycles. The molecule has 4 N–H and O–H groups in total. The molecule has 0 amide bonds. The van der Waals surface area contributed by atoms with Crippen LogP contribution in [0.1, 0.15) is 162 Å². The number of unbranched alkanes of at least 4 members (excludes halogenated alkanes) is 18. The molecule has 0 aromatic heterocycles. The zero-order valence-corrected chi connectivity index (χ0v) is 23.9. The molecule has 4 nitrogen and oxygen atoms in total. The van der Waals surface area contributed by atoms with Gasteiger partial charge in [0.15, 0.2) is 0 Å². The molecule has 0 fully saturated rings. The van der Waals surface area contributed by atoms with E-state index in [1.807, 2.05) is 0 Å². The van der Waals surface area contributed by atoms with Crippen molar-refractivity contribution in [1.82, 2.24) is 0 Å². The van der Waals surface area contributed by atoms with Crippen LogP contribution in [0.25, 0.3) is 0 Å². The maximum Gasteiger partial charge on any atom is 0.0509 e. The van der Waals surface area contributed by atoms with E-state index in [2.05, 4.69) is 13.8 Å². The highest BCUT2D eigenvalue weighted by molar-refractivity contribution is 4.89. The van der Waals surface area contributed by atoms with E-state index in [0.717, 1.165) is 38.5 Å². The van der Waals surface area contributed by atoms with Gasteiger partial charge >= 0.3 is 0 Å². The lowest BCUT2D eigenvalue weighted by atomic mass is 9.68. The maximum absolute atomic E-state index is 10.2. The fourth-order valence-electron chi connectivity index (χ4n) is 5.59. The van der Waals surface area contributed by atoms with Crippen LogP contribution in [0, 0.1) is 10.8 Å². The first kappa shape index (κ1) is 34.8. The van der Waals surface area contributed by atoms with Crippen molar-refractivity contribution in [3.05, 3.63) is 0 Å². The molecule has 0 atom stereocenters. The summed E-state index contributed by atoms with van der Waals surface area (Å²) in [5, 5.41) is 40.8. The average molecular weight is 501 g/mol. The zero-order valence-electron chi connectivity index (χ0n) is 23.9. The lowest BCUT2D eigenvalue weighted by Gasteiger charge is -2.40. The Morgan fingerprint density at radius 3 is 0.800 bits per heavy atom. The lowest BCUT2D eigenvalue weighted by molar-refractivity contribution is -0.0456. The molecule has 0 unspecified atom stereocenters. The predicted molar refractivity (Wildman–Crippen MR) is 151 cm³/mol. The normalized spacial score (nSPS) is 12.5. The molecule has 0 saturated carbocycles. The van der Waals surface area contributed by atoms with E-state index in [9.17, 15) is 20.4 Å². The van der Waals surface area contributed by atoms with Crippen molar-refractivity contribution in [2.75, 3.05) is 26.4 Å². The van der Waals surface area contributed by atoms with Crippen LogP contribution in [0.5, 0.6) is 0 Å². The van der Waals surface area contributed by atoms with Gasteiger partial charge in [-0.2, -0.15) is 0 Å². The third kappa shape index (κ3) is 17.8. The Balaban J connectivity index is 4.29. The average Bonchev–Trinajstić information content (AvgIpc) is 2.89. The van der Waals surface area contributed by atoms with E-state index < -0.39 is 10.8 Å². The van der Waals surface area contributed by atoms with Crippen LogP contribution in [-0.2, 0) is 0 Å². The Bertz CT molecular complexity index is 380. The van der Waals surface area contributed by atoms with Crippen LogP contribution in [0.15, 0.2) is 0 Å². The quantitative estimate of drug-likeness (QED) is 0.0822. The SMILES string of the molecule is CCCCCCCCCCCCC(CO)(CO)CC(CO)(CO)CCCCCCCCCCCC. The molecule has 0 rings (SSSR count). The molecule has 0 aromatic rings. The fourth-order valence-corrected chi connectivity index (χ4v) is 5.59. The van der Waals surface area contributed by atoms with Crippen LogP contribution in [0.3, 0.4) is 0 Å². The summed E-state index contributed by atoms with van der Waals surface area (Å²) in [5.74, 6) is 0. The van der Waals surface area contributed by atoms with Crippen molar-refractivity contribution in [2.45, 2.75) is 162 Å². The molecule has 0 aromatic carbocycles. The number of hydrogen-bond donors (Lipinski definition) is 4. The van der Waals surface area contributed by atoms with Crippen LogP contribution in [-0.4, -0.2) is 46.9 Å². The minimum atomic E-state index is -0.607. The smallest absolute Gasteiger partial charge is 0.0509 e. The number of aliphatic hydroxyl groups is 4. The van der Waals surface area contributed by atoms with Gasteiger partial charge in [-0.05, 0) is 19.3 Å². The lowest BCUT2D eigenvalue weighted by Crippen LogP contribution is -2.41. The second-order valence-corrected chi connectivity index (χ2v) is 11.7. The summed E-state index contributed by atoms with van der Waals surface area (Å²) < 4.78 is 0. The number of hydrogen-bond acceptors (Lipinski definition) is 4. The summed E-state index contributed by atoms with van der Waals surface area (Å²) in [7, 11) is 0. The van der Waals surface area contributed by atoms with E-state index in [0.29, 0.717) is 6.42 Å². The maximum atomic E-state index is 10.2. The van der Waals surface area contributed by atoms with Gasteiger partial charge in [0.25, 0.3) is 0 Å². The van der Waals surface area contributed by atoms with Gasteiger partial charge in [-0.1, -0.05) is 142 Å². The second kappa shape index (κ2) is 24.2. The molecule has 0 radical (unpaired) electrons. The van der Waals surface area contributed by atoms with Gasteiger partial charge in [0.1, 0.15) is 0 Å². The van der Waals surface area contributed by atoms with Crippen molar-refractivity contribution in [1.29, 1.82) is 0 Å². The monoisotopic (exact) mass is 500 g/mol.